The first-order valence-electron chi connectivity index (χ1n) is 14.9. The Morgan fingerprint density at radius 3 is 1.41 bits per heavy atom. The fourth-order valence-electron chi connectivity index (χ4n) is 5.75. The second kappa shape index (κ2) is 13.3. The lowest BCUT2D eigenvalue weighted by atomic mass is 9.97. The molecule has 12 heteroatoms. The Morgan fingerprint density at radius 1 is 0.630 bits per heavy atom. The average molecular weight is 662 g/mol. The fourth-order valence-corrected chi connectivity index (χ4v) is 6.43. The van der Waals surface area contributed by atoms with Gasteiger partial charge in [0.05, 0.1) is 34.6 Å². The Morgan fingerprint density at radius 2 is 1.02 bits per heavy atom. The molecule has 0 bridgehead atoms. The summed E-state index contributed by atoms with van der Waals surface area (Å²) in [5.74, 6) is 0. The lowest BCUT2D eigenvalue weighted by molar-refractivity contribution is 0.291. The van der Waals surface area contributed by atoms with Crippen LogP contribution in [0.15, 0.2) is 82.9 Å². The molecule has 4 N–H and O–H groups in total. The molecule has 0 aliphatic carbocycles. The molecule has 0 fully saturated rings. The topological polar surface area (TPSA) is 117 Å². The highest BCUT2D eigenvalue weighted by Gasteiger charge is 2.19. The number of hydrogen-bond donors (Lipinski definition) is 4. The van der Waals surface area contributed by atoms with Crippen LogP contribution in [0.5, 0.6) is 0 Å². The first-order valence-corrected chi connectivity index (χ1v) is 15.6. The van der Waals surface area contributed by atoms with Crippen LogP contribution in [-0.4, -0.2) is 54.5 Å². The van der Waals surface area contributed by atoms with Crippen molar-refractivity contribution in [2.24, 2.45) is 14.1 Å². The summed E-state index contributed by atoms with van der Waals surface area (Å²) in [6, 6.07) is 15.1. The van der Waals surface area contributed by atoms with Crippen LogP contribution < -0.4 is 21.8 Å². The molecule has 0 amide bonds. The van der Waals surface area contributed by atoms with Crippen LogP contribution in [0, 0.1) is 0 Å². The molecule has 4 aromatic heterocycles. The molecule has 238 valence electrons. The zero-order valence-electron chi connectivity index (χ0n) is 25.4. The highest BCUT2D eigenvalue weighted by Crippen LogP contribution is 2.42. The Labute approximate surface area is 274 Å². The van der Waals surface area contributed by atoms with Gasteiger partial charge in [-0.25, -0.2) is 0 Å². The molecule has 0 unspecified atom stereocenters. The fraction of sp³-hybridized carbons (Fsp3) is 0.235. The van der Waals surface area contributed by atoms with Gasteiger partial charge >= 0.3 is 0 Å². The van der Waals surface area contributed by atoms with Gasteiger partial charge in [-0.3, -0.25) is 9.59 Å². The minimum absolute atomic E-state index is 0.0134. The van der Waals surface area contributed by atoms with Crippen molar-refractivity contribution in [1.82, 2.24) is 28.6 Å². The predicted octanol–water partition coefficient (Wildman–Crippen LogP) is 4.06. The van der Waals surface area contributed by atoms with Crippen molar-refractivity contribution < 1.29 is 10.2 Å². The Bertz CT molecular complexity index is 2040. The van der Waals surface area contributed by atoms with Gasteiger partial charge < -0.3 is 38.8 Å². The van der Waals surface area contributed by atoms with Crippen LogP contribution in [0.2, 0.25) is 10.0 Å². The first kappa shape index (κ1) is 31.8. The molecule has 2 aromatic carbocycles. The molecular weight excluding hydrogens is 627 g/mol. The van der Waals surface area contributed by atoms with Crippen molar-refractivity contribution in [3.05, 3.63) is 115 Å². The molecule has 46 heavy (non-hydrogen) atoms. The summed E-state index contributed by atoms with van der Waals surface area (Å²) in [6.45, 7) is 1.77. The number of hydrogen-bond acceptors (Lipinski definition) is 6. The normalized spacial score (nSPS) is 11.7. The molecule has 0 saturated carbocycles. The summed E-state index contributed by atoms with van der Waals surface area (Å²) >= 11 is 14.2. The number of nitrogens with zero attached hydrogens (tertiary/aromatic N) is 4. The van der Waals surface area contributed by atoms with E-state index in [1.807, 2.05) is 73.3 Å². The maximum Gasteiger partial charge on any atom is 0.274 e. The average Bonchev–Trinajstić information content (AvgIpc) is 3.67. The third-order valence-electron chi connectivity index (χ3n) is 8.28. The number of aliphatic hydroxyl groups is 2. The molecule has 0 spiro atoms. The maximum absolute atomic E-state index is 13.2. The van der Waals surface area contributed by atoms with E-state index in [2.05, 4.69) is 10.6 Å². The van der Waals surface area contributed by atoms with E-state index in [0.717, 1.165) is 44.8 Å². The molecule has 10 nitrogen and oxygen atoms in total. The highest BCUT2D eigenvalue weighted by atomic mass is 35.5. The number of aromatic nitrogens is 4. The second-order valence-corrected chi connectivity index (χ2v) is 11.9. The molecular formula is C34H34Cl2N6O4. The molecule has 4 heterocycles. The number of benzene rings is 2. The molecule has 0 atom stereocenters. The van der Waals surface area contributed by atoms with E-state index < -0.39 is 0 Å². The summed E-state index contributed by atoms with van der Waals surface area (Å²) in [5.41, 5.74) is 6.88. The minimum atomic E-state index is -0.138. The number of aliphatic hydroxyl groups excluding tert-OH is 2. The number of nitrogens with one attached hydrogen (secondary N) is 2. The van der Waals surface area contributed by atoms with Gasteiger partial charge in [0.1, 0.15) is 11.0 Å². The van der Waals surface area contributed by atoms with Crippen LogP contribution >= 0.6 is 23.2 Å². The molecule has 0 aliphatic rings. The summed E-state index contributed by atoms with van der Waals surface area (Å²) in [4.78, 5) is 26.4. The lowest BCUT2D eigenvalue weighted by Crippen LogP contribution is -2.27. The largest absolute Gasteiger partial charge is 0.395 e. The minimum Gasteiger partial charge on any atom is -0.395 e. The molecule has 0 aliphatic heterocycles. The molecule has 6 aromatic rings. The molecule has 0 radical (unpaired) electrons. The van der Waals surface area contributed by atoms with Gasteiger partial charge in [0, 0.05) is 98.4 Å². The van der Waals surface area contributed by atoms with Crippen LogP contribution in [-0.2, 0) is 27.2 Å². The second-order valence-electron chi connectivity index (χ2n) is 11.1. The SMILES string of the molecule is Cn1c(CNCCO)cn2cc(-c3cccc(-c4cccc(-c5cc6c(=O)n(C)c(CNCCO)cn6c5)c4Cl)c3Cl)cc2c1=O. The monoisotopic (exact) mass is 660 g/mol. The van der Waals surface area contributed by atoms with Crippen molar-refractivity contribution in [2.45, 2.75) is 13.1 Å². The standard InChI is InChI=1S/C34H34Cl2N6O4/c1-39-23(15-37-9-11-43)19-41-17-21(13-29(41)33(39)45)25-5-3-7-27(31(25)35)28-8-4-6-26(32(28)36)22-14-30-34(46)40(2)24(16-38-10-12-44)20-42(30)18-22/h3-8,13-14,17-20,37-38,43-44H,9-12,15-16H2,1-2H3. The van der Waals surface area contributed by atoms with Crippen LogP contribution in [0.3, 0.4) is 0 Å². The smallest absolute Gasteiger partial charge is 0.274 e. The Hall–Kier alpha value is -4.16. The van der Waals surface area contributed by atoms with E-state index >= 15 is 0 Å². The zero-order valence-corrected chi connectivity index (χ0v) is 26.9. The van der Waals surface area contributed by atoms with Gasteiger partial charge in [-0.15, -0.1) is 0 Å². The van der Waals surface area contributed by atoms with Crippen molar-refractivity contribution >= 4 is 34.2 Å². The first-order chi connectivity index (χ1) is 22.2. The number of halogens is 2. The summed E-state index contributed by atoms with van der Waals surface area (Å²) < 4.78 is 6.81. The third kappa shape index (κ3) is 5.79. The third-order valence-corrected chi connectivity index (χ3v) is 9.10. The number of fused-ring (bicyclic) bond motifs is 2. The van der Waals surface area contributed by atoms with Gasteiger partial charge in [0.2, 0.25) is 0 Å². The molecule has 0 saturated heterocycles. The lowest BCUT2D eigenvalue weighted by Gasteiger charge is -2.13. The van der Waals surface area contributed by atoms with E-state index in [4.69, 9.17) is 33.4 Å². The Kier molecular flexibility index (Phi) is 9.19. The van der Waals surface area contributed by atoms with Crippen molar-refractivity contribution in [3.8, 4) is 33.4 Å². The van der Waals surface area contributed by atoms with Gasteiger partial charge in [-0.2, -0.15) is 0 Å². The van der Waals surface area contributed by atoms with Gasteiger partial charge in [-0.1, -0.05) is 59.6 Å². The summed E-state index contributed by atoms with van der Waals surface area (Å²) in [6.07, 6.45) is 7.56. The van der Waals surface area contributed by atoms with Crippen molar-refractivity contribution in [1.29, 1.82) is 0 Å². The van der Waals surface area contributed by atoms with Gasteiger partial charge in [0.15, 0.2) is 0 Å². The van der Waals surface area contributed by atoms with E-state index in [9.17, 15) is 9.59 Å². The quantitative estimate of drug-likeness (QED) is 0.156. The van der Waals surface area contributed by atoms with Gasteiger partial charge in [-0.05, 0) is 12.1 Å². The van der Waals surface area contributed by atoms with E-state index in [0.29, 0.717) is 47.3 Å². The van der Waals surface area contributed by atoms with Gasteiger partial charge in [0.25, 0.3) is 11.1 Å². The van der Waals surface area contributed by atoms with E-state index in [-0.39, 0.29) is 24.3 Å². The van der Waals surface area contributed by atoms with Crippen LogP contribution in [0.1, 0.15) is 11.4 Å². The summed E-state index contributed by atoms with van der Waals surface area (Å²) in [5, 5.41) is 25.4. The maximum atomic E-state index is 13.2. The van der Waals surface area contributed by atoms with E-state index in [1.165, 1.54) is 0 Å². The molecule has 6 rings (SSSR count). The predicted molar refractivity (Wildman–Crippen MR) is 183 cm³/mol. The van der Waals surface area contributed by atoms with Crippen molar-refractivity contribution in [2.75, 3.05) is 26.3 Å². The summed E-state index contributed by atoms with van der Waals surface area (Å²) in [7, 11) is 3.46. The Balaban J connectivity index is 1.39. The van der Waals surface area contributed by atoms with Crippen molar-refractivity contribution in [3.63, 3.8) is 0 Å². The highest BCUT2D eigenvalue weighted by molar-refractivity contribution is 6.39. The van der Waals surface area contributed by atoms with Crippen LogP contribution in [0.25, 0.3) is 44.4 Å². The van der Waals surface area contributed by atoms with E-state index in [1.54, 1.807) is 32.0 Å². The van der Waals surface area contributed by atoms with Crippen LogP contribution in [0.4, 0.5) is 0 Å². The zero-order chi connectivity index (χ0) is 32.5. The number of rotatable bonds is 11.